The standard InChI is InChI=1S/C26H20F8N2O5S/c1-24(38,26(32,33)34)23(37)35-12-17-13-36(42(39,40)18-4-2-3-15(10-18)25(29,30)31)21-9-14(5-8-22(21)41-17)19-11-16(27)6-7-20(19)28/h2-11,17,38H,12-13H2,1H3,(H,35,37)/t17-,24-/m0/s1. The molecule has 2 atom stereocenters. The number of nitrogens with one attached hydrogen (secondary N) is 1. The van der Waals surface area contributed by atoms with Gasteiger partial charge >= 0.3 is 12.4 Å². The fraction of sp³-hybridized carbons (Fsp3) is 0.269. The van der Waals surface area contributed by atoms with Crippen LogP contribution in [0.4, 0.5) is 40.8 Å². The van der Waals surface area contributed by atoms with Crippen LogP contribution in [0, 0.1) is 11.6 Å². The average Bonchev–Trinajstić information content (AvgIpc) is 2.91. The molecule has 0 aromatic heterocycles. The number of hydrogen-bond donors (Lipinski definition) is 2. The molecule has 16 heteroatoms. The molecule has 0 aliphatic carbocycles. The first-order valence-electron chi connectivity index (χ1n) is 11.9. The molecule has 4 rings (SSSR count). The van der Waals surface area contributed by atoms with E-state index in [1.54, 1.807) is 0 Å². The smallest absolute Gasteiger partial charge is 0.426 e. The number of hydrogen-bond acceptors (Lipinski definition) is 5. The number of fused-ring (bicyclic) bond motifs is 1. The third-order valence-electron chi connectivity index (χ3n) is 6.36. The number of sulfonamides is 1. The van der Waals surface area contributed by atoms with Gasteiger partial charge in [0.2, 0.25) is 5.60 Å². The zero-order valence-electron chi connectivity index (χ0n) is 21.2. The Morgan fingerprint density at radius 3 is 2.36 bits per heavy atom. The predicted octanol–water partition coefficient (Wildman–Crippen LogP) is 5.04. The van der Waals surface area contributed by atoms with Crippen LogP contribution < -0.4 is 14.4 Å². The van der Waals surface area contributed by atoms with Gasteiger partial charge in [-0.15, -0.1) is 0 Å². The number of carbonyl (C=O) groups excluding carboxylic acids is 1. The van der Waals surface area contributed by atoms with Crippen molar-refractivity contribution in [1.29, 1.82) is 0 Å². The minimum Gasteiger partial charge on any atom is -0.484 e. The molecule has 3 aromatic carbocycles. The highest BCUT2D eigenvalue weighted by atomic mass is 32.2. The van der Waals surface area contributed by atoms with Crippen molar-refractivity contribution >= 4 is 21.6 Å². The van der Waals surface area contributed by atoms with Gasteiger partial charge in [0.15, 0.2) is 0 Å². The molecule has 0 bridgehead atoms. The van der Waals surface area contributed by atoms with E-state index in [4.69, 9.17) is 4.74 Å². The second-order valence-electron chi connectivity index (χ2n) is 9.39. The Morgan fingerprint density at radius 2 is 1.71 bits per heavy atom. The van der Waals surface area contributed by atoms with Gasteiger partial charge in [0.25, 0.3) is 15.9 Å². The van der Waals surface area contributed by atoms with Crippen molar-refractivity contribution in [3.8, 4) is 16.9 Å². The molecule has 42 heavy (non-hydrogen) atoms. The molecule has 0 radical (unpaired) electrons. The van der Waals surface area contributed by atoms with Crippen molar-refractivity contribution in [2.24, 2.45) is 0 Å². The van der Waals surface area contributed by atoms with Crippen LogP contribution in [0.15, 0.2) is 65.6 Å². The molecule has 0 saturated heterocycles. The Morgan fingerprint density at radius 1 is 1.02 bits per heavy atom. The van der Waals surface area contributed by atoms with Crippen LogP contribution in [-0.2, 0) is 21.0 Å². The molecule has 0 saturated carbocycles. The molecular weight excluding hydrogens is 604 g/mol. The number of nitrogens with zero attached hydrogens (tertiary/aromatic N) is 1. The second kappa shape index (κ2) is 10.7. The normalized spacial score (nSPS) is 17.2. The summed E-state index contributed by atoms with van der Waals surface area (Å²) in [4.78, 5) is 11.2. The van der Waals surface area contributed by atoms with Gasteiger partial charge in [-0.05, 0) is 61.0 Å². The Bertz CT molecular complexity index is 1620. The molecule has 2 N–H and O–H groups in total. The summed E-state index contributed by atoms with van der Waals surface area (Å²) in [5.74, 6) is -3.81. The summed E-state index contributed by atoms with van der Waals surface area (Å²) in [6.45, 7) is -1.30. The quantitative estimate of drug-likeness (QED) is 0.375. The molecule has 3 aromatic rings. The Hall–Kier alpha value is -3.92. The lowest BCUT2D eigenvalue weighted by Gasteiger charge is -2.36. The van der Waals surface area contributed by atoms with Crippen molar-refractivity contribution in [1.82, 2.24) is 5.32 Å². The molecule has 1 aliphatic rings. The first-order valence-corrected chi connectivity index (χ1v) is 13.3. The van der Waals surface area contributed by atoms with Gasteiger partial charge in [0.05, 0.1) is 29.2 Å². The zero-order valence-corrected chi connectivity index (χ0v) is 22.0. The molecule has 1 aliphatic heterocycles. The fourth-order valence-corrected chi connectivity index (χ4v) is 5.54. The summed E-state index contributed by atoms with van der Waals surface area (Å²) < 4.78 is 141. The van der Waals surface area contributed by atoms with Gasteiger partial charge < -0.3 is 15.2 Å². The van der Waals surface area contributed by atoms with Gasteiger partial charge in [-0.3, -0.25) is 9.10 Å². The van der Waals surface area contributed by atoms with E-state index in [1.165, 1.54) is 6.07 Å². The predicted molar refractivity (Wildman–Crippen MR) is 132 cm³/mol. The molecule has 0 fully saturated rings. The van der Waals surface area contributed by atoms with Crippen LogP contribution in [0.2, 0.25) is 0 Å². The van der Waals surface area contributed by atoms with Crippen LogP contribution in [-0.4, -0.2) is 50.4 Å². The highest BCUT2D eigenvalue weighted by molar-refractivity contribution is 7.92. The average molecular weight is 625 g/mol. The number of benzene rings is 3. The third kappa shape index (κ3) is 5.99. The van der Waals surface area contributed by atoms with Gasteiger partial charge in [-0.2, -0.15) is 26.3 Å². The minimum atomic E-state index is -5.35. The van der Waals surface area contributed by atoms with E-state index >= 15 is 0 Å². The summed E-state index contributed by atoms with van der Waals surface area (Å²) in [5, 5.41) is 11.4. The minimum absolute atomic E-state index is 0.0356. The highest BCUT2D eigenvalue weighted by Crippen LogP contribution is 2.41. The van der Waals surface area contributed by atoms with E-state index in [0.29, 0.717) is 16.4 Å². The highest BCUT2D eigenvalue weighted by Gasteiger charge is 2.55. The maximum Gasteiger partial charge on any atom is 0.426 e. The lowest BCUT2D eigenvalue weighted by Crippen LogP contribution is -2.57. The number of aliphatic hydroxyl groups is 1. The molecule has 1 amide bonds. The van der Waals surface area contributed by atoms with Crippen LogP contribution in [0.3, 0.4) is 0 Å². The Kier molecular flexibility index (Phi) is 7.92. The topological polar surface area (TPSA) is 95.9 Å². The van der Waals surface area contributed by atoms with E-state index in [1.807, 2.05) is 5.32 Å². The number of halogens is 8. The summed E-state index contributed by atoms with van der Waals surface area (Å²) in [6, 6.07) is 8.70. The summed E-state index contributed by atoms with van der Waals surface area (Å²) in [5.41, 5.74) is -5.71. The largest absolute Gasteiger partial charge is 0.484 e. The van der Waals surface area contributed by atoms with Crippen LogP contribution in [0.5, 0.6) is 5.75 Å². The summed E-state index contributed by atoms with van der Waals surface area (Å²) in [6.07, 6.45) is -11.7. The molecular formula is C26H20F8N2O5S. The van der Waals surface area contributed by atoms with E-state index in [9.17, 15) is 53.4 Å². The van der Waals surface area contributed by atoms with Gasteiger partial charge in [-0.1, -0.05) is 12.1 Å². The summed E-state index contributed by atoms with van der Waals surface area (Å²) in [7, 11) is -4.86. The van der Waals surface area contributed by atoms with Crippen LogP contribution in [0.25, 0.3) is 11.1 Å². The van der Waals surface area contributed by atoms with Crippen molar-refractivity contribution in [3.63, 3.8) is 0 Å². The van der Waals surface area contributed by atoms with Crippen molar-refractivity contribution < 1.29 is 58.2 Å². The first-order chi connectivity index (χ1) is 19.3. The van der Waals surface area contributed by atoms with Crippen LogP contribution in [0.1, 0.15) is 12.5 Å². The number of anilines is 1. The molecule has 0 spiro atoms. The van der Waals surface area contributed by atoms with Crippen LogP contribution >= 0.6 is 0 Å². The van der Waals surface area contributed by atoms with Crippen molar-refractivity contribution in [2.75, 3.05) is 17.4 Å². The molecule has 0 unspecified atom stereocenters. The summed E-state index contributed by atoms with van der Waals surface area (Å²) >= 11 is 0. The van der Waals surface area contributed by atoms with E-state index in [2.05, 4.69) is 0 Å². The molecule has 7 nitrogen and oxygen atoms in total. The lowest BCUT2D eigenvalue weighted by molar-refractivity contribution is -0.245. The maximum atomic E-state index is 14.5. The number of ether oxygens (including phenoxy) is 1. The van der Waals surface area contributed by atoms with Gasteiger partial charge in [0.1, 0.15) is 23.5 Å². The SMILES string of the molecule is C[C@](O)(C(=O)NC[C@H]1CN(S(=O)(=O)c2cccc(C(F)(F)F)c2)c2cc(-c3cc(F)ccc3F)ccc2O1)C(F)(F)F. The lowest BCUT2D eigenvalue weighted by atomic mass is 10.0. The van der Waals surface area contributed by atoms with E-state index < -0.39 is 75.2 Å². The second-order valence-corrected chi connectivity index (χ2v) is 11.3. The first kappa shape index (κ1) is 31.0. The number of carbonyl (C=O) groups is 1. The Labute approximate surface area is 233 Å². The van der Waals surface area contributed by atoms with Gasteiger partial charge in [0, 0.05) is 5.56 Å². The number of alkyl halides is 6. The molecule has 226 valence electrons. The molecule has 1 heterocycles. The Balaban J connectivity index is 1.77. The van der Waals surface area contributed by atoms with Crippen molar-refractivity contribution in [2.45, 2.75) is 35.9 Å². The van der Waals surface area contributed by atoms with E-state index in [0.717, 1.165) is 42.5 Å². The monoisotopic (exact) mass is 624 g/mol. The fourth-order valence-electron chi connectivity index (χ4n) is 4.00. The van der Waals surface area contributed by atoms with Gasteiger partial charge in [-0.25, -0.2) is 17.2 Å². The van der Waals surface area contributed by atoms with E-state index in [-0.39, 0.29) is 29.5 Å². The third-order valence-corrected chi connectivity index (χ3v) is 8.14. The zero-order chi connectivity index (χ0) is 31.3. The number of rotatable bonds is 6. The number of amides is 1. The van der Waals surface area contributed by atoms with Crippen molar-refractivity contribution in [3.05, 3.63) is 77.9 Å². The maximum absolute atomic E-state index is 14.5.